The first-order valence-electron chi connectivity index (χ1n) is 6.61. The zero-order valence-corrected chi connectivity index (χ0v) is 12.8. The first-order valence-corrected chi connectivity index (χ1v) is 7.04. The Morgan fingerprint density at radius 2 is 2.00 bits per heavy atom. The molecule has 0 amide bonds. The summed E-state index contributed by atoms with van der Waals surface area (Å²) >= 11 is 6.32. The Morgan fingerprint density at radius 1 is 1.25 bits per heavy atom. The number of fused-ring (bicyclic) bond motifs is 1. The van der Waals surface area contributed by atoms with Gasteiger partial charge in [-0.2, -0.15) is 5.10 Å². The topological polar surface area (TPSA) is 35.6 Å². The van der Waals surface area contributed by atoms with Crippen LogP contribution in [0.5, 0.6) is 0 Å². The number of rotatable bonds is 2. The molecular formula is C15H17ClN4. The van der Waals surface area contributed by atoms with Crippen molar-refractivity contribution in [1.82, 2.24) is 19.3 Å². The van der Waals surface area contributed by atoms with Gasteiger partial charge in [-0.05, 0) is 38.5 Å². The maximum atomic E-state index is 6.32. The van der Waals surface area contributed by atoms with Gasteiger partial charge in [-0.15, -0.1) is 11.6 Å². The van der Waals surface area contributed by atoms with Gasteiger partial charge in [0.05, 0.1) is 27.8 Å². The van der Waals surface area contributed by atoms with E-state index in [1.54, 1.807) is 0 Å². The number of aryl methyl sites for hydroxylation is 3. The molecular weight excluding hydrogens is 272 g/mol. The van der Waals surface area contributed by atoms with Crippen LogP contribution in [0.2, 0.25) is 0 Å². The van der Waals surface area contributed by atoms with Gasteiger partial charge in [-0.1, -0.05) is 6.07 Å². The Bertz CT molecular complexity index is 783. The Kier molecular flexibility index (Phi) is 3.05. The van der Waals surface area contributed by atoms with E-state index in [1.807, 2.05) is 31.8 Å². The van der Waals surface area contributed by atoms with E-state index < -0.39 is 0 Å². The standard InChI is InChI=1S/C15H17ClN4/c1-9-5-6-13-12(7-9)17-15(10(2)16)20(13)14-8-19(4)18-11(14)3/h5-8,10H,1-4H3. The van der Waals surface area contributed by atoms with Gasteiger partial charge in [0.15, 0.2) is 0 Å². The highest BCUT2D eigenvalue weighted by Crippen LogP contribution is 2.29. The van der Waals surface area contributed by atoms with Crippen molar-refractivity contribution in [3.05, 3.63) is 41.5 Å². The summed E-state index contributed by atoms with van der Waals surface area (Å²) in [7, 11) is 1.92. The average Bonchev–Trinajstić information content (AvgIpc) is 2.88. The molecule has 0 radical (unpaired) electrons. The van der Waals surface area contributed by atoms with Crippen LogP contribution in [0.4, 0.5) is 0 Å². The van der Waals surface area contributed by atoms with Gasteiger partial charge >= 0.3 is 0 Å². The summed E-state index contributed by atoms with van der Waals surface area (Å²) in [5.74, 6) is 0.850. The van der Waals surface area contributed by atoms with Crippen LogP contribution >= 0.6 is 11.6 Å². The second kappa shape index (κ2) is 4.63. The molecule has 2 heterocycles. The maximum Gasteiger partial charge on any atom is 0.132 e. The first kappa shape index (κ1) is 13.2. The summed E-state index contributed by atoms with van der Waals surface area (Å²) in [6.45, 7) is 6.01. The van der Waals surface area contributed by atoms with E-state index in [1.165, 1.54) is 5.56 Å². The van der Waals surface area contributed by atoms with E-state index in [0.29, 0.717) is 0 Å². The van der Waals surface area contributed by atoms with Gasteiger partial charge in [-0.25, -0.2) is 4.98 Å². The Morgan fingerprint density at radius 3 is 2.60 bits per heavy atom. The van der Waals surface area contributed by atoms with Crippen LogP contribution in [0.15, 0.2) is 24.4 Å². The summed E-state index contributed by atoms with van der Waals surface area (Å²) in [5.41, 5.74) is 5.22. The summed E-state index contributed by atoms with van der Waals surface area (Å²) in [6, 6.07) is 6.27. The van der Waals surface area contributed by atoms with Crippen molar-refractivity contribution in [2.75, 3.05) is 0 Å². The lowest BCUT2D eigenvalue weighted by atomic mass is 10.2. The number of nitrogens with zero attached hydrogens (tertiary/aromatic N) is 4. The predicted molar refractivity (Wildman–Crippen MR) is 81.6 cm³/mol. The monoisotopic (exact) mass is 288 g/mol. The van der Waals surface area contributed by atoms with Crippen molar-refractivity contribution in [2.24, 2.45) is 7.05 Å². The van der Waals surface area contributed by atoms with Crippen molar-refractivity contribution in [2.45, 2.75) is 26.1 Å². The molecule has 0 spiro atoms. The second-order valence-corrected chi connectivity index (χ2v) is 5.84. The number of benzene rings is 1. The molecule has 104 valence electrons. The average molecular weight is 289 g/mol. The molecule has 0 saturated carbocycles. The lowest BCUT2D eigenvalue weighted by Gasteiger charge is -2.09. The molecule has 1 aromatic carbocycles. The minimum Gasteiger partial charge on any atom is -0.292 e. The minimum absolute atomic E-state index is 0.165. The number of halogens is 1. The van der Waals surface area contributed by atoms with E-state index in [-0.39, 0.29) is 5.38 Å². The van der Waals surface area contributed by atoms with E-state index >= 15 is 0 Å². The molecule has 0 aliphatic rings. The molecule has 5 heteroatoms. The number of hydrogen-bond acceptors (Lipinski definition) is 2. The van der Waals surface area contributed by atoms with Crippen LogP contribution in [-0.2, 0) is 7.05 Å². The number of imidazole rings is 1. The van der Waals surface area contributed by atoms with E-state index in [9.17, 15) is 0 Å². The van der Waals surface area contributed by atoms with Crippen LogP contribution in [0, 0.1) is 13.8 Å². The van der Waals surface area contributed by atoms with Crippen LogP contribution in [-0.4, -0.2) is 19.3 Å². The van der Waals surface area contributed by atoms with E-state index in [0.717, 1.165) is 28.2 Å². The molecule has 3 rings (SSSR count). The molecule has 2 aromatic heterocycles. The molecule has 1 unspecified atom stereocenters. The first-order chi connectivity index (χ1) is 9.47. The van der Waals surface area contributed by atoms with Gasteiger partial charge in [0.25, 0.3) is 0 Å². The van der Waals surface area contributed by atoms with Crippen LogP contribution in [0.25, 0.3) is 16.7 Å². The Hall–Kier alpha value is -1.81. The fourth-order valence-corrected chi connectivity index (χ4v) is 2.68. The lowest BCUT2D eigenvalue weighted by molar-refractivity contribution is 0.756. The molecule has 1 atom stereocenters. The lowest BCUT2D eigenvalue weighted by Crippen LogP contribution is -2.02. The third kappa shape index (κ3) is 2.00. The van der Waals surface area contributed by atoms with Gasteiger partial charge in [0.1, 0.15) is 5.82 Å². The van der Waals surface area contributed by atoms with E-state index in [2.05, 4.69) is 34.8 Å². The molecule has 0 N–H and O–H groups in total. The van der Waals surface area contributed by atoms with Gasteiger partial charge in [0.2, 0.25) is 0 Å². The highest BCUT2D eigenvalue weighted by molar-refractivity contribution is 6.20. The van der Waals surface area contributed by atoms with Crippen molar-refractivity contribution in [1.29, 1.82) is 0 Å². The van der Waals surface area contributed by atoms with E-state index in [4.69, 9.17) is 16.6 Å². The van der Waals surface area contributed by atoms with Gasteiger partial charge in [0, 0.05) is 13.2 Å². The van der Waals surface area contributed by atoms with Crippen LogP contribution in [0.3, 0.4) is 0 Å². The molecule has 0 fully saturated rings. The third-order valence-corrected chi connectivity index (χ3v) is 3.62. The zero-order valence-electron chi connectivity index (χ0n) is 12.1. The number of aromatic nitrogens is 4. The smallest absolute Gasteiger partial charge is 0.132 e. The fourth-order valence-electron chi connectivity index (χ4n) is 2.54. The minimum atomic E-state index is -0.165. The second-order valence-electron chi connectivity index (χ2n) is 5.19. The van der Waals surface area contributed by atoms with Crippen LogP contribution in [0.1, 0.15) is 29.4 Å². The highest BCUT2D eigenvalue weighted by atomic mass is 35.5. The van der Waals surface area contributed by atoms with Crippen molar-refractivity contribution >= 4 is 22.6 Å². The molecule has 0 saturated heterocycles. The van der Waals surface area contributed by atoms with Crippen molar-refractivity contribution in [3.63, 3.8) is 0 Å². The molecule has 0 aliphatic carbocycles. The maximum absolute atomic E-state index is 6.32. The quantitative estimate of drug-likeness (QED) is 0.675. The third-order valence-electron chi connectivity index (χ3n) is 3.42. The van der Waals surface area contributed by atoms with Gasteiger partial charge < -0.3 is 0 Å². The fraction of sp³-hybridized carbons (Fsp3) is 0.333. The molecule has 0 aliphatic heterocycles. The van der Waals surface area contributed by atoms with Gasteiger partial charge in [-0.3, -0.25) is 9.25 Å². The summed E-state index contributed by atoms with van der Waals surface area (Å²) in [6.07, 6.45) is 2.00. The summed E-state index contributed by atoms with van der Waals surface area (Å²) < 4.78 is 3.92. The highest BCUT2D eigenvalue weighted by Gasteiger charge is 2.18. The normalized spacial score (nSPS) is 13.1. The van der Waals surface area contributed by atoms with Crippen molar-refractivity contribution in [3.8, 4) is 5.69 Å². The summed E-state index contributed by atoms with van der Waals surface area (Å²) in [5, 5.41) is 4.25. The number of alkyl halides is 1. The Balaban J connectivity index is 2.37. The Labute approximate surface area is 123 Å². The molecule has 4 nitrogen and oxygen atoms in total. The summed E-state index contributed by atoms with van der Waals surface area (Å²) in [4.78, 5) is 4.69. The SMILES string of the molecule is Cc1ccc2c(c1)nc(C(C)Cl)n2-c1cn(C)nc1C. The molecule has 20 heavy (non-hydrogen) atoms. The molecule has 0 bridgehead atoms. The predicted octanol–water partition coefficient (Wildman–Crippen LogP) is 3.68. The largest absolute Gasteiger partial charge is 0.292 e. The molecule has 3 aromatic rings. The zero-order chi connectivity index (χ0) is 14.4. The van der Waals surface area contributed by atoms with Crippen molar-refractivity contribution < 1.29 is 0 Å². The number of hydrogen-bond donors (Lipinski definition) is 0. The van der Waals surface area contributed by atoms with Crippen LogP contribution < -0.4 is 0 Å².